The highest BCUT2D eigenvalue weighted by molar-refractivity contribution is 6.10. The number of nitrogens with zero attached hydrogens (tertiary/aromatic N) is 5. The van der Waals surface area contributed by atoms with E-state index in [4.69, 9.17) is 15.0 Å². The van der Waals surface area contributed by atoms with Crippen molar-refractivity contribution in [2.24, 2.45) is 0 Å². The Kier molecular flexibility index (Phi) is 8.30. The first-order valence-corrected chi connectivity index (χ1v) is 18.8. The van der Waals surface area contributed by atoms with Crippen LogP contribution in [0.15, 0.2) is 194 Å². The third kappa shape index (κ3) is 6.21. The predicted molar refractivity (Wildman–Crippen MR) is 229 cm³/mol. The van der Waals surface area contributed by atoms with Gasteiger partial charge in [0.2, 0.25) is 0 Å². The molecule has 0 amide bonds. The van der Waals surface area contributed by atoms with Crippen molar-refractivity contribution in [1.29, 1.82) is 0 Å². The van der Waals surface area contributed by atoms with Gasteiger partial charge >= 0.3 is 0 Å². The molecule has 4 heterocycles. The number of aromatic nitrogens is 5. The molecule has 0 unspecified atom stereocenters. The largest absolute Gasteiger partial charge is 0.294 e. The molecule has 0 saturated carbocycles. The van der Waals surface area contributed by atoms with Gasteiger partial charge in [-0.2, -0.15) is 0 Å². The van der Waals surface area contributed by atoms with Crippen molar-refractivity contribution in [2.75, 3.05) is 0 Å². The molecule has 0 bridgehead atoms. The summed E-state index contributed by atoms with van der Waals surface area (Å²) in [6.07, 6.45) is 1.83. The van der Waals surface area contributed by atoms with E-state index in [2.05, 4.69) is 149 Å². The third-order valence-electron chi connectivity index (χ3n) is 10.3. The topological polar surface area (TPSA) is 56.5 Å². The molecule has 0 spiro atoms. The number of pyridine rings is 2. The summed E-state index contributed by atoms with van der Waals surface area (Å²) >= 11 is 0. The second-order valence-corrected chi connectivity index (χ2v) is 14.0. The maximum atomic E-state index is 5.23. The van der Waals surface area contributed by atoms with E-state index >= 15 is 0 Å². The molecule has 10 aromatic rings. The van der Waals surface area contributed by atoms with E-state index in [9.17, 15) is 0 Å². The predicted octanol–water partition coefficient (Wildman–Crippen LogP) is 12.7. The van der Waals surface area contributed by atoms with Crippen LogP contribution in [-0.2, 0) is 0 Å². The average molecular weight is 718 g/mol. The van der Waals surface area contributed by atoms with Gasteiger partial charge < -0.3 is 0 Å². The summed E-state index contributed by atoms with van der Waals surface area (Å²) in [5.41, 5.74) is 14.4. The summed E-state index contributed by atoms with van der Waals surface area (Å²) in [7, 11) is 0. The fourth-order valence-corrected chi connectivity index (χ4v) is 7.60. The van der Waals surface area contributed by atoms with Crippen LogP contribution in [0.1, 0.15) is 5.69 Å². The molecule has 10 rings (SSSR count). The summed E-state index contributed by atoms with van der Waals surface area (Å²) in [5.74, 6) is 1.60. The smallest absolute Gasteiger partial charge is 0.160 e. The van der Waals surface area contributed by atoms with Crippen LogP contribution in [0.5, 0.6) is 0 Å². The number of aryl methyl sites for hydroxylation is 1. The van der Waals surface area contributed by atoms with Crippen molar-refractivity contribution in [3.8, 4) is 73.2 Å². The van der Waals surface area contributed by atoms with Crippen LogP contribution in [0.25, 0.3) is 95.0 Å². The lowest BCUT2D eigenvalue weighted by atomic mass is 9.93. The molecule has 56 heavy (non-hydrogen) atoms. The molecule has 0 aliphatic heterocycles. The highest BCUT2D eigenvalue weighted by atomic mass is 15.1. The van der Waals surface area contributed by atoms with Gasteiger partial charge in [-0.25, -0.2) is 15.0 Å². The van der Waals surface area contributed by atoms with Gasteiger partial charge in [0.25, 0.3) is 0 Å². The normalized spacial score (nSPS) is 11.3. The minimum absolute atomic E-state index is 0.688. The van der Waals surface area contributed by atoms with Crippen LogP contribution in [0.3, 0.4) is 0 Å². The molecule has 5 heteroatoms. The quantitative estimate of drug-likeness (QED) is 0.165. The summed E-state index contributed by atoms with van der Waals surface area (Å²) in [5, 5.41) is 2.36. The number of hydrogen-bond donors (Lipinski definition) is 0. The Morgan fingerprint density at radius 3 is 1.71 bits per heavy atom. The van der Waals surface area contributed by atoms with Gasteiger partial charge in [0, 0.05) is 44.9 Å². The van der Waals surface area contributed by atoms with Crippen LogP contribution in [0.2, 0.25) is 0 Å². The molecular weight excluding hydrogens is 683 g/mol. The van der Waals surface area contributed by atoms with Gasteiger partial charge in [-0.1, -0.05) is 121 Å². The summed E-state index contributed by atoms with van der Waals surface area (Å²) in [6, 6.07) is 65.7. The van der Waals surface area contributed by atoms with Crippen LogP contribution >= 0.6 is 0 Å². The Hall–Kier alpha value is -7.50. The molecule has 5 nitrogen and oxygen atoms in total. The Labute approximate surface area is 325 Å². The molecular formula is C51H35N5. The Morgan fingerprint density at radius 1 is 0.357 bits per heavy atom. The maximum absolute atomic E-state index is 5.23. The van der Waals surface area contributed by atoms with E-state index < -0.39 is 0 Å². The fourth-order valence-electron chi connectivity index (χ4n) is 7.60. The second-order valence-electron chi connectivity index (χ2n) is 14.0. The molecule has 264 valence electrons. The SMILES string of the molecule is Cc1cccc(-n2c3ccccc3c3cc(-c4cc(-c5ccc(-c6ccccn6)cc5)cc(-c5cc(-c6ccccc6)nc(-c6ccccc6)n5)c4)ccc32)n1. The first kappa shape index (κ1) is 33.1. The van der Waals surface area contributed by atoms with E-state index in [0.717, 1.165) is 84.1 Å². The Balaban J connectivity index is 1.18. The van der Waals surface area contributed by atoms with Crippen LogP contribution in [-0.4, -0.2) is 24.5 Å². The number of rotatable bonds is 7. The first-order chi connectivity index (χ1) is 27.6. The number of benzene rings is 6. The highest BCUT2D eigenvalue weighted by Gasteiger charge is 2.17. The van der Waals surface area contributed by atoms with Crippen molar-refractivity contribution in [2.45, 2.75) is 6.92 Å². The van der Waals surface area contributed by atoms with Gasteiger partial charge in [0.15, 0.2) is 5.82 Å². The van der Waals surface area contributed by atoms with Gasteiger partial charge in [-0.05, 0) is 95.9 Å². The highest BCUT2D eigenvalue weighted by Crippen LogP contribution is 2.38. The molecule has 0 radical (unpaired) electrons. The van der Waals surface area contributed by atoms with Gasteiger partial charge in [-0.15, -0.1) is 0 Å². The molecule has 0 aliphatic rings. The molecule has 0 aliphatic carbocycles. The monoisotopic (exact) mass is 717 g/mol. The lowest BCUT2D eigenvalue weighted by Gasteiger charge is -2.14. The molecule has 0 N–H and O–H groups in total. The first-order valence-electron chi connectivity index (χ1n) is 18.8. The van der Waals surface area contributed by atoms with Crippen LogP contribution in [0, 0.1) is 6.92 Å². The van der Waals surface area contributed by atoms with Gasteiger partial charge in [-0.3, -0.25) is 9.55 Å². The number of fused-ring (bicyclic) bond motifs is 3. The Morgan fingerprint density at radius 2 is 0.964 bits per heavy atom. The fraction of sp³-hybridized carbons (Fsp3) is 0.0196. The zero-order valence-corrected chi connectivity index (χ0v) is 30.7. The molecule has 0 atom stereocenters. The number of para-hydroxylation sites is 1. The van der Waals surface area contributed by atoms with E-state index in [1.165, 1.54) is 10.8 Å². The molecule has 6 aromatic carbocycles. The van der Waals surface area contributed by atoms with E-state index in [1.807, 2.05) is 61.7 Å². The van der Waals surface area contributed by atoms with Crippen molar-refractivity contribution in [3.05, 3.63) is 200 Å². The standard InChI is InChI=1S/C51H35N5/c1-34-13-12-21-50(53-34)56-48-20-9-8-18-43(48)44-32-39(26-27-49(44)56)41-29-40(35-22-24-37(25-23-35)45-19-10-11-28-52-45)30-42(31-41)47-33-46(36-14-4-2-5-15-36)54-51(55-47)38-16-6-3-7-17-38/h2-33H,1H3. The minimum atomic E-state index is 0.688. The maximum Gasteiger partial charge on any atom is 0.160 e. The lowest BCUT2D eigenvalue weighted by molar-refractivity contribution is 1.05. The van der Waals surface area contributed by atoms with Crippen molar-refractivity contribution >= 4 is 21.8 Å². The zero-order valence-electron chi connectivity index (χ0n) is 30.7. The van der Waals surface area contributed by atoms with E-state index in [-0.39, 0.29) is 0 Å². The minimum Gasteiger partial charge on any atom is -0.294 e. The molecule has 4 aromatic heterocycles. The summed E-state index contributed by atoms with van der Waals surface area (Å²) in [4.78, 5) is 19.8. The summed E-state index contributed by atoms with van der Waals surface area (Å²) in [6.45, 7) is 2.04. The van der Waals surface area contributed by atoms with Crippen molar-refractivity contribution in [1.82, 2.24) is 24.5 Å². The third-order valence-corrected chi connectivity index (χ3v) is 10.3. The lowest BCUT2D eigenvalue weighted by Crippen LogP contribution is -1.98. The zero-order chi connectivity index (χ0) is 37.4. The van der Waals surface area contributed by atoms with Crippen LogP contribution < -0.4 is 0 Å². The van der Waals surface area contributed by atoms with Gasteiger partial charge in [0.1, 0.15) is 5.82 Å². The second kappa shape index (κ2) is 14.0. The van der Waals surface area contributed by atoms with Crippen molar-refractivity contribution in [3.63, 3.8) is 0 Å². The molecule has 0 fully saturated rings. The average Bonchev–Trinajstić information content (AvgIpc) is 3.61. The molecule has 0 saturated heterocycles. The van der Waals surface area contributed by atoms with E-state index in [0.29, 0.717) is 5.82 Å². The number of hydrogen-bond acceptors (Lipinski definition) is 4. The van der Waals surface area contributed by atoms with E-state index in [1.54, 1.807) is 0 Å². The van der Waals surface area contributed by atoms with Crippen molar-refractivity contribution < 1.29 is 0 Å². The Bertz CT molecular complexity index is 2950. The summed E-state index contributed by atoms with van der Waals surface area (Å²) < 4.78 is 2.27. The van der Waals surface area contributed by atoms with Gasteiger partial charge in [0.05, 0.1) is 28.1 Å². The van der Waals surface area contributed by atoms with Crippen LogP contribution in [0.4, 0.5) is 0 Å².